The van der Waals surface area contributed by atoms with E-state index in [0.29, 0.717) is 11.2 Å². The molecule has 2 aromatic heterocycles. The van der Waals surface area contributed by atoms with E-state index in [4.69, 9.17) is 5.11 Å². The van der Waals surface area contributed by atoms with E-state index in [2.05, 4.69) is 15.2 Å². The molecule has 104 valence electrons. The second-order valence-electron chi connectivity index (χ2n) is 4.75. The molecular weight excluding hydrogens is 276 g/mol. The maximum absolute atomic E-state index is 10.7. The summed E-state index contributed by atoms with van der Waals surface area (Å²) in [7, 11) is 0. The highest BCUT2D eigenvalue weighted by molar-refractivity contribution is 7.99. The normalized spacial score (nSPS) is 14.4. The molecule has 0 aliphatic heterocycles. The molecule has 6 nitrogen and oxygen atoms in total. The third kappa shape index (κ3) is 2.67. The van der Waals surface area contributed by atoms with Crippen LogP contribution in [-0.4, -0.2) is 36.6 Å². The lowest BCUT2D eigenvalue weighted by molar-refractivity contribution is -0.133. The standard InChI is InChI=1S/C13H14N4O2S/c1-8-3-2-4-10(14-8)12-15-16-13(20-7-11(18)19)17(12)9-5-6-9/h2-4,9H,5-7H2,1H3,(H,18,19). The number of aromatic nitrogens is 4. The monoisotopic (exact) mass is 290 g/mol. The summed E-state index contributed by atoms with van der Waals surface area (Å²) in [5.74, 6) is -0.133. The Kier molecular flexibility index (Phi) is 3.43. The highest BCUT2D eigenvalue weighted by Gasteiger charge is 2.30. The quantitative estimate of drug-likeness (QED) is 0.850. The molecule has 0 radical (unpaired) electrons. The first-order valence-corrected chi connectivity index (χ1v) is 7.37. The fourth-order valence-electron chi connectivity index (χ4n) is 2.01. The molecule has 0 saturated heterocycles. The summed E-state index contributed by atoms with van der Waals surface area (Å²) in [6.45, 7) is 1.93. The van der Waals surface area contributed by atoms with E-state index in [0.717, 1.165) is 30.1 Å². The number of carbonyl (C=O) groups is 1. The lowest BCUT2D eigenvalue weighted by atomic mass is 10.3. The van der Waals surface area contributed by atoms with Crippen molar-refractivity contribution < 1.29 is 9.90 Å². The van der Waals surface area contributed by atoms with E-state index in [1.807, 2.05) is 29.7 Å². The molecule has 0 aromatic carbocycles. The van der Waals surface area contributed by atoms with Crippen molar-refractivity contribution in [1.29, 1.82) is 0 Å². The van der Waals surface area contributed by atoms with Crippen LogP contribution in [0, 0.1) is 6.92 Å². The molecule has 1 fully saturated rings. The molecule has 0 unspecified atom stereocenters. The Labute approximate surface area is 120 Å². The topological polar surface area (TPSA) is 80.9 Å². The van der Waals surface area contributed by atoms with E-state index in [-0.39, 0.29) is 5.75 Å². The van der Waals surface area contributed by atoms with Gasteiger partial charge in [0.2, 0.25) is 0 Å². The number of thioether (sulfide) groups is 1. The lowest BCUT2D eigenvalue weighted by Crippen LogP contribution is -2.04. The summed E-state index contributed by atoms with van der Waals surface area (Å²) in [5.41, 5.74) is 1.71. The number of carboxylic acids is 1. The van der Waals surface area contributed by atoms with Crippen LogP contribution in [-0.2, 0) is 4.79 Å². The Morgan fingerprint density at radius 1 is 1.45 bits per heavy atom. The highest BCUT2D eigenvalue weighted by Crippen LogP contribution is 2.40. The molecule has 2 aromatic rings. The van der Waals surface area contributed by atoms with Gasteiger partial charge in [0.1, 0.15) is 5.69 Å². The molecule has 2 heterocycles. The van der Waals surface area contributed by atoms with Gasteiger partial charge in [0, 0.05) is 11.7 Å². The molecular formula is C13H14N4O2S. The number of hydrogen-bond acceptors (Lipinski definition) is 5. The zero-order valence-electron chi connectivity index (χ0n) is 11.0. The van der Waals surface area contributed by atoms with Gasteiger partial charge in [-0.15, -0.1) is 10.2 Å². The summed E-state index contributed by atoms with van der Waals surface area (Å²) in [5, 5.41) is 17.8. The van der Waals surface area contributed by atoms with Gasteiger partial charge in [-0.1, -0.05) is 17.8 Å². The van der Waals surface area contributed by atoms with Gasteiger partial charge in [-0.25, -0.2) is 4.98 Å². The number of rotatable bonds is 5. The van der Waals surface area contributed by atoms with Gasteiger partial charge in [0.15, 0.2) is 11.0 Å². The van der Waals surface area contributed by atoms with Gasteiger partial charge in [-0.05, 0) is 31.9 Å². The molecule has 1 N–H and O–H groups in total. The molecule has 1 aliphatic carbocycles. The Morgan fingerprint density at radius 2 is 2.25 bits per heavy atom. The predicted octanol–water partition coefficient (Wildman–Crippen LogP) is 2.16. The lowest BCUT2D eigenvalue weighted by Gasteiger charge is -2.07. The minimum Gasteiger partial charge on any atom is -0.481 e. The van der Waals surface area contributed by atoms with E-state index in [9.17, 15) is 4.79 Å². The van der Waals surface area contributed by atoms with Crippen molar-refractivity contribution in [3.05, 3.63) is 23.9 Å². The smallest absolute Gasteiger partial charge is 0.313 e. The number of hydrogen-bond donors (Lipinski definition) is 1. The minimum absolute atomic E-state index is 0.00784. The molecule has 7 heteroatoms. The van der Waals surface area contributed by atoms with Gasteiger partial charge in [-0.2, -0.15) is 0 Å². The molecule has 3 rings (SSSR count). The van der Waals surface area contributed by atoms with Crippen molar-refractivity contribution in [2.45, 2.75) is 31.0 Å². The van der Waals surface area contributed by atoms with Crippen LogP contribution in [0.15, 0.2) is 23.4 Å². The molecule has 1 aliphatic rings. The summed E-state index contributed by atoms with van der Waals surface area (Å²) in [6, 6.07) is 6.15. The van der Waals surface area contributed by atoms with E-state index in [1.165, 1.54) is 11.8 Å². The van der Waals surface area contributed by atoms with Crippen molar-refractivity contribution in [3.63, 3.8) is 0 Å². The fourth-order valence-corrected chi connectivity index (χ4v) is 2.73. The zero-order chi connectivity index (χ0) is 14.1. The van der Waals surface area contributed by atoms with Gasteiger partial charge in [-0.3, -0.25) is 9.36 Å². The predicted molar refractivity (Wildman–Crippen MR) is 74.6 cm³/mol. The largest absolute Gasteiger partial charge is 0.481 e. The van der Waals surface area contributed by atoms with Crippen LogP contribution in [0.1, 0.15) is 24.6 Å². The number of carboxylic acid groups (broad SMARTS) is 1. The van der Waals surface area contributed by atoms with Crippen molar-refractivity contribution in [1.82, 2.24) is 19.7 Å². The first-order chi connectivity index (χ1) is 9.65. The van der Waals surface area contributed by atoms with Crippen molar-refractivity contribution >= 4 is 17.7 Å². The van der Waals surface area contributed by atoms with E-state index < -0.39 is 5.97 Å². The van der Waals surface area contributed by atoms with Crippen LogP contribution in [0.4, 0.5) is 0 Å². The SMILES string of the molecule is Cc1cccc(-c2nnc(SCC(=O)O)n2C2CC2)n1. The first kappa shape index (κ1) is 13.1. The van der Waals surface area contributed by atoms with Crippen molar-refractivity contribution in [3.8, 4) is 11.5 Å². The van der Waals surface area contributed by atoms with Gasteiger partial charge >= 0.3 is 5.97 Å². The van der Waals surface area contributed by atoms with Crippen LogP contribution in [0.25, 0.3) is 11.5 Å². The van der Waals surface area contributed by atoms with E-state index >= 15 is 0 Å². The minimum atomic E-state index is -0.851. The van der Waals surface area contributed by atoms with Crippen LogP contribution >= 0.6 is 11.8 Å². The number of aryl methyl sites for hydroxylation is 1. The summed E-state index contributed by atoms with van der Waals surface area (Å²) in [4.78, 5) is 15.2. The molecule has 0 atom stereocenters. The summed E-state index contributed by atoms with van der Waals surface area (Å²) >= 11 is 1.21. The van der Waals surface area contributed by atoms with Crippen LogP contribution in [0.3, 0.4) is 0 Å². The van der Waals surface area contributed by atoms with Crippen LogP contribution in [0.5, 0.6) is 0 Å². The Balaban J connectivity index is 1.97. The zero-order valence-corrected chi connectivity index (χ0v) is 11.8. The van der Waals surface area contributed by atoms with Crippen LogP contribution in [0.2, 0.25) is 0 Å². The Bertz CT molecular complexity index is 652. The van der Waals surface area contributed by atoms with Gasteiger partial charge in [0.05, 0.1) is 5.75 Å². The number of nitrogens with zero attached hydrogens (tertiary/aromatic N) is 4. The molecule has 0 bridgehead atoms. The fraction of sp³-hybridized carbons (Fsp3) is 0.385. The van der Waals surface area contributed by atoms with Crippen molar-refractivity contribution in [2.24, 2.45) is 0 Å². The van der Waals surface area contributed by atoms with E-state index in [1.54, 1.807) is 0 Å². The summed E-state index contributed by atoms with van der Waals surface area (Å²) < 4.78 is 2.02. The number of aliphatic carboxylic acids is 1. The van der Waals surface area contributed by atoms with Crippen LogP contribution < -0.4 is 0 Å². The average molecular weight is 290 g/mol. The molecule has 1 saturated carbocycles. The first-order valence-electron chi connectivity index (χ1n) is 6.38. The molecule has 0 spiro atoms. The molecule has 20 heavy (non-hydrogen) atoms. The maximum Gasteiger partial charge on any atom is 0.313 e. The van der Waals surface area contributed by atoms with Gasteiger partial charge in [0.25, 0.3) is 0 Å². The third-order valence-electron chi connectivity index (χ3n) is 3.02. The third-order valence-corrected chi connectivity index (χ3v) is 3.95. The second-order valence-corrected chi connectivity index (χ2v) is 5.70. The summed E-state index contributed by atoms with van der Waals surface area (Å²) in [6.07, 6.45) is 2.16. The van der Waals surface area contributed by atoms with Gasteiger partial charge < -0.3 is 5.11 Å². The second kappa shape index (κ2) is 5.24. The van der Waals surface area contributed by atoms with Crippen molar-refractivity contribution in [2.75, 3.05) is 5.75 Å². The molecule has 0 amide bonds. The Morgan fingerprint density at radius 3 is 2.90 bits per heavy atom. The highest BCUT2D eigenvalue weighted by atomic mass is 32.2. The maximum atomic E-state index is 10.7. The Hall–Kier alpha value is -1.89. The number of pyridine rings is 1. The average Bonchev–Trinajstić information content (AvgIpc) is 3.16.